The highest BCUT2D eigenvalue weighted by Crippen LogP contribution is 2.22. The van der Waals surface area contributed by atoms with Gasteiger partial charge < -0.3 is 4.74 Å². The van der Waals surface area contributed by atoms with Gasteiger partial charge in [-0.1, -0.05) is 42.5 Å². The summed E-state index contributed by atoms with van der Waals surface area (Å²) in [5.41, 5.74) is 4.59. The van der Waals surface area contributed by atoms with E-state index in [1.54, 1.807) is 0 Å². The lowest BCUT2D eigenvalue weighted by Crippen LogP contribution is -2.00. The predicted octanol–water partition coefficient (Wildman–Crippen LogP) is 4.01. The molecule has 0 radical (unpaired) electrons. The molecule has 0 amide bonds. The zero-order valence-electron chi connectivity index (χ0n) is 14.3. The van der Waals surface area contributed by atoms with Gasteiger partial charge in [0.25, 0.3) is 0 Å². The standard InChI is InChI=1S/C20H23N3O/c1-3-16-10-13-20(24-4-2)17(14-16)11-12-18-15-23(22-21-18)19-8-6-5-7-9-19/h5-10,13-15H,3-4,11-12H2,1-2H3. The van der Waals surface area contributed by atoms with Crippen LogP contribution in [-0.2, 0) is 19.3 Å². The van der Waals surface area contributed by atoms with Crippen LogP contribution < -0.4 is 4.74 Å². The highest BCUT2D eigenvalue weighted by molar-refractivity contribution is 5.38. The second-order valence-corrected chi connectivity index (χ2v) is 5.72. The third kappa shape index (κ3) is 3.82. The smallest absolute Gasteiger partial charge is 0.122 e. The van der Waals surface area contributed by atoms with E-state index in [-0.39, 0.29) is 0 Å². The molecule has 0 bridgehead atoms. The highest BCUT2D eigenvalue weighted by atomic mass is 16.5. The van der Waals surface area contributed by atoms with Crippen LogP contribution in [0.1, 0.15) is 30.7 Å². The van der Waals surface area contributed by atoms with Crippen LogP contribution in [0.3, 0.4) is 0 Å². The quantitative estimate of drug-likeness (QED) is 0.660. The lowest BCUT2D eigenvalue weighted by Gasteiger charge is -2.11. The van der Waals surface area contributed by atoms with Gasteiger partial charge in [0.2, 0.25) is 0 Å². The maximum Gasteiger partial charge on any atom is 0.122 e. The third-order valence-electron chi connectivity index (χ3n) is 4.05. The van der Waals surface area contributed by atoms with Crippen LogP contribution in [0.4, 0.5) is 0 Å². The molecular formula is C20H23N3O. The summed E-state index contributed by atoms with van der Waals surface area (Å²) < 4.78 is 7.58. The maximum atomic E-state index is 5.76. The average molecular weight is 321 g/mol. The van der Waals surface area contributed by atoms with Crippen molar-refractivity contribution < 1.29 is 4.74 Å². The van der Waals surface area contributed by atoms with Gasteiger partial charge in [0, 0.05) is 0 Å². The Morgan fingerprint density at radius 2 is 1.83 bits per heavy atom. The van der Waals surface area contributed by atoms with Gasteiger partial charge in [0.1, 0.15) is 5.75 Å². The molecule has 0 atom stereocenters. The second-order valence-electron chi connectivity index (χ2n) is 5.72. The van der Waals surface area contributed by atoms with Gasteiger partial charge in [-0.15, -0.1) is 5.10 Å². The maximum absolute atomic E-state index is 5.76. The second kappa shape index (κ2) is 7.77. The van der Waals surface area contributed by atoms with Crippen molar-refractivity contribution >= 4 is 0 Å². The number of para-hydroxylation sites is 1. The van der Waals surface area contributed by atoms with Gasteiger partial charge in [0.05, 0.1) is 24.2 Å². The number of aryl methyl sites for hydroxylation is 3. The molecule has 0 fully saturated rings. The minimum Gasteiger partial charge on any atom is -0.494 e. The molecule has 0 N–H and O–H groups in total. The van der Waals surface area contributed by atoms with E-state index in [1.165, 1.54) is 11.1 Å². The summed E-state index contributed by atoms with van der Waals surface area (Å²) in [5.74, 6) is 0.977. The minimum absolute atomic E-state index is 0.683. The first-order valence-electron chi connectivity index (χ1n) is 8.51. The Morgan fingerprint density at radius 1 is 1.00 bits per heavy atom. The van der Waals surface area contributed by atoms with Crippen molar-refractivity contribution in [3.63, 3.8) is 0 Å². The molecule has 0 aliphatic rings. The van der Waals surface area contributed by atoms with Gasteiger partial charge in [-0.05, 0) is 55.5 Å². The molecule has 2 aromatic carbocycles. The number of nitrogens with zero attached hydrogens (tertiary/aromatic N) is 3. The van der Waals surface area contributed by atoms with Crippen LogP contribution in [0.15, 0.2) is 54.7 Å². The molecule has 4 nitrogen and oxygen atoms in total. The molecule has 1 aromatic heterocycles. The largest absolute Gasteiger partial charge is 0.494 e. The SMILES string of the molecule is CCOc1ccc(CC)cc1CCc1cn(-c2ccccc2)nn1. The van der Waals surface area contributed by atoms with E-state index < -0.39 is 0 Å². The zero-order chi connectivity index (χ0) is 16.8. The summed E-state index contributed by atoms with van der Waals surface area (Å²) in [7, 11) is 0. The molecule has 0 aliphatic carbocycles. The number of benzene rings is 2. The van der Waals surface area contributed by atoms with E-state index in [0.29, 0.717) is 6.61 Å². The Kier molecular flexibility index (Phi) is 5.26. The third-order valence-corrected chi connectivity index (χ3v) is 4.05. The van der Waals surface area contributed by atoms with E-state index in [9.17, 15) is 0 Å². The van der Waals surface area contributed by atoms with Gasteiger partial charge in [-0.2, -0.15) is 0 Å². The zero-order valence-corrected chi connectivity index (χ0v) is 14.3. The molecule has 0 saturated carbocycles. The summed E-state index contributed by atoms with van der Waals surface area (Å²) in [6.07, 6.45) is 4.78. The lowest BCUT2D eigenvalue weighted by atomic mass is 10.0. The highest BCUT2D eigenvalue weighted by Gasteiger charge is 2.08. The van der Waals surface area contributed by atoms with E-state index in [2.05, 4.69) is 35.4 Å². The molecule has 0 unspecified atom stereocenters. The normalized spacial score (nSPS) is 10.8. The summed E-state index contributed by atoms with van der Waals surface area (Å²) in [6.45, 7) is 4.87. The fraction of sp³-hybridized carbons (Fsp3) is 0.300. The summed E-state index contributed by atoms with van der Waals surface area (Å²) >= 11 is 0. The molecule has 0 saturated heterocycles. The first-order valence-corrected chi connectivity index (χ1v) is 8.51. The summed E-state index contributed by atoms with van der Waals surface area (Å²) in [5, 5.41) is 8.52. The van der Waals surface area contributed by atoms with Gasteiger partial charge in [-0.25, -0.2) is 4.68 Å². The fourth-order valence-electron chi connectivity index (χ4n) is 2.73. The van der Waals surface area contributed by atoms with Crippen LogP contribution >= 0.6 is 0 Å². The monoisotopic (exact) mass is 321 g/mol. The molecule has 24 heavy (non-hydrogen) atoms. The predicted molar refractivity (Wildman–Crippen MR) is 95.8 cm³/mol. The molecule has 1 heterocycles. The Hall–Kier alpha value is -2.62. The van der Waals surface area contributed by atoms with Crippen LogP contribution in [-0.4, -0.2) is 21.6 Å². The summed E-state index contributed by atoms with van der Waals surface area (Å²) in [4.78, 5) is 0. The van der Waals surface area contributed by atoms with Gasteiger partial charge in [-0.3, -0.25) is 0 Å². The average Bonchev–Trinajstić information content (AvgIpc) is 3.11. The number of rotatable bonds is 7. The molecule has 0 aliphatic heterocycles. The molecule has 124 valence electrons. The number of hydrogen-bond acceptors (Lipinski definition) is 3. The lowest BCUT2D eigenvalue weighted by molar-refractivity contribution is 0.336. The van der Waals surface area contributed by atoms with Crippen LogP contribution in [0.2, 0.25) is 0 Å². The van der Waals surface area contributed by atoms with Crippen LogP contribution in [0, 0.1) is 0 Å². The van der Waals surface area contributed by atoms with E-state index >= 15 is 0 Å². The van der Waals surface area contributed by atoms with Crippen molar-refractivity contribution in [2.45, 2.75) is 33.1 Å². The van der Waals surface area contributed by atoms with E-state index in [4.69, 9.17) is 4.74 Å². The summed E-state index contributed by atoms with van der Waals surface area (Å²) in [6, 6.07) is 16.5. The van der Waals surface area contributed by atoms with Crippen molar-refractivity contribution in [1.29, 1.82) is 0 Å². The van der Waals surface area contributed by atoms with Crippen molar-refractivity contribution in [2.24, 2.45) is 0 Å². The van der Waals surface area contributed by atoms with E-state index in [1.807, 2.05) is 48.1 Å². The van der Waals surface area contributed by atoms with Crippen LogP contribution in [0.25, 0.3) is 5.69 Å². The first-order chi connectivity index (χ1) is 11.8. The number of ether oxygens (including phenoxy) is 1. The van der Waals surface area contributed by atoms with Gasteiger partial charge >= 0.3 is 0 Å². The van der Waals surface area contributed by atoms with Crippen molar-refractivity contribution in [1.82, 2.24) is 15.0 Å². The van der Waals surface area contributed by atoms with Crippen molar-refractivity contribution in [3.05, 3.63) is 71.5 Å². The first kappa shape index (κ1) is 16.2. The Bertz CT molecular complexity index is 781. The Balaban J connectivity index is 1.73. The van der Waals surface area contributed by atoms with Crippen LogP contribution in [0.5, 0.6) is 5.75 Å². The number of aromatic nitrogens is 3. The topological polar surface area (TPSA) is 39.9 Å². The van der Waals surface area contributed by atoms with Gasteiger partial charge in [0.15, 0.2) is 0 Å². The minimum atomic E-state index is 0.683. The van der Waals surface area contributed by atoms with Crippen molar-refractivity contribution in [3.8, 4) is 11.4 Å². The molecule has 0 spiro atoms. The number of hydrogen-bond donors (Lipinski definition) is 0. The van der Waals surface area contributed by atoms with E-state index in [0.717, 1.165) is 36.4 Å². The molecule has 3 rings (SSSR count). The Morgan fingerprint density at radius 3 is 2.58 bits per heavy atom. The fourth-order valence-corrected chi connectivity index (χ4v) is 2.73. The molecule has 4 heteroatoms. The van der Waals surface area contributed by atoms with Crippen molar-refractivity contribution in [2.75, 3.05) is 6.61 Å². The molecule has 3 aromatic rings. The Labute approximate surface area is 143 Å². The molecular weight excluding hydrogens is 298 g/mol.